The van der Waals surface area contributed by atoms with Gasteiger partial charge in [-0.15, -0.1) is 0 Å². The maximum absolute atomic E-state index is 5.61. The van der Waals surface area contributed by atoms with Crippen LogP contribution in [-0.4, -0.2) is 32.8 Å². The van der Waals surface area contributed by atoms with Crippen molar-refractivity contribution in [3.63, 3.8) is 0 Å². The van der Waals surface area contributed by atoms with Crippen molar-refractivity contribution in [3.8, 4) is 0 Å². The Kier molecular flexibility index (Phi) is 7.96. The molecule has 0 radical (unpaired) electrons. The molecule has 3 heteroatoms. The van der Waals surface area contributed by atoms with E-state index in [0.29, 0.717) is 11.5 Å². The Morgan fingerprint density at radius 3 is 2.47 bits per heavy atom. The lowest BCUT2D eigenvalue weighted by Gasteiger charge is -2.33. The summed E-state index contributed by atoms with van der Waals surface area (Å²) in [6.07, 6.45) is 9.18. The van der Waals surface area contributed by atoms with Crippen LogP contribution < -0.4 is 11.1 Å². The Hall–Kier alpha value is -0.120. The van der Waals surface area contributed by atoms with Crippen LogP contribution in [0.3, 0.4) is 0 Å². The second kappa shape index (κ2) is 8.93. The van der Waals surface area contributed by atoms with Gasteiger partial charge < -0.3 is 15.8 Å². The summed E-state index contributed by atoms with van der Waals surface area (Å²) in [6.45, 7) is 7.43. The van der Waals surface area contributed by atoms with E-state index in [2.05, 4.69) is 19.2 Å². The minimum atomic E-state index is 0.471. The molecule has 114 valence electrons. The largest absolute Gasteiger partial charge is 0.383 e. The number of ether oxygens (including phenoxy) is 1. The standard InChI is InChI=1S/C16H34N2O/c1-14(2)11-16(8-4-5-9-16)13-18-15(12-19-3)7-6-10-17/h14-15,18H,4-13,17H2,1-3H3. The molecular formula is C16H34N2O. The van der Waals surface area contributed by atoms with Gasteiger partial charge in [-0.2, -0.15) is 0 Å². The predicted molar refractivity (Wildman–Crippen MR) is 82.3 cm³/mol. The van der Waals surface area contributed by atoms with E-state index >= 15 is 0 Å². The molecule has 1 unspecified atom stereocenters. The lowest BCUT2D eigenvalue weighted by atomic mass is 9.78. The van der Waals surface area contributed by atoms with Crippen LogP contribution in [0.4, 0.5) is 0 Å². The maximum Gasteiger partial charge on any atom is 0.0615 e. The van der Waals surface area contributed by atoms with Crippen molar-refractivity contribution in [1.82, 2.24) is 5.32 Å². The van der Waals surface area contributed by atoms with Crippen LogP contribution in [0.2, 0.25) is 0 Å². The van der Waals surface area contributed by atoms with Gasteiger partial charge in [0.25, 0.3) is 0 Å². The Morgan fingerprint density at radius 1 is 1.26 bits per heavy atom. The number of hydrogen-bond donors (Lipinski definition) is 2. The van der Waals surface area contributed by atoms with Gasteiger partial charge in [-0.05, 0) is 50.0 Å². The van der Waals surface area contributed by atoms with E-state index in [1.54, 1.807) is 7.11 Å². The van der Waals surface area contributed by atoms with Crippen LogP contribution in [0.5, 0.6) is 0 Å². The molecule has 0 spiro atoms. The van der Waals surface area contributed by atoms with E-state index in [1.165, 1.54) is 32.1 Å². The van der Waals surface area contributed by atoms with Crippen molar-refractivity contribution < 1.29 is 4.74 Å². The summed E-state index contributed by atoms with van der Waals surface area (Å²) >= 11 is 0. The van der Waals surface area contributed by atoms with Crippen LogP contribution in [0.15, 0.2) is 0 Å². The second-order valence-corrected chi connectivity index (χ2v) is 6.77. The summed E-state index contributed by atoms with van der Waals surface area (Å²) in [5.74, 6) is 0.796. The first-order valence-electron chi connectivity index (χ1n) is 8.04. The van der Waals surface area contributed by atoms with Gasteiger partial charge in [-0.25, -0.2) is 0 Å². The van der Waals surface area contributed by atoms with Crippen molar-refractivity contribution in [2.75, 3.05) is 26.8 Å². The van der Waals surface area contributed by atoms with Crippen LogP contribution in [0.25, 0.3) is 0 Å². The molecule has 0 aromatic heterocycles. The molecule has 0 aliphatic heterocycles. The molecule has 1 aliphatic rings. The van der Waals surface area contributed by atoms with E-state index in [9.17, 15) is 0 Å². The molecule has 0 aromatic rings. The SMILES string of the molecule is COCC(CCCN)NCC1(CC(C)C)CCCC1. The summed E-state index contributed by atoms with van der Waals surface area (Å²) in [5, 5.41) is 3.76. The molecule has 19 heavy (non-hydrogen) atoms. The van der Waals surface area contributed by atoms with E-state index in [4.69, 9.17) is 10.5 Å². The van der Waals surface area contributed by atoms with Crippen LogP contribution in [-0.2, 0) is 4.74 Å². The van der Waals surface area contributed by atoms with Crippen molar-refractivity contribution in [1.29, 1.82) is 0 Å². The summed E-state index contributed by atoms with van der Waals surface area (Å²) < 4.78 is 5.33. The zero-order chi connectivity index (χ0) is 14.1. The quantitative estimate of drug-likeness (QED) is 0.641. The average molecular weight is 270 g/mol. The molecule has 0 heterocycles. The normalized spacial score (nSPS) is 20.1. The Balaban J connectivity index is 2.44. The smallest absolute Gasteiger partial charge is 0.0615 e. The molecule has 1 aliphatic carbocycles. The van der Waals surface area contributed by atoms with Gasteiger partial charge in [0.15, 0.2) is 0 Å². The monoisotopic (exact) mass is 270 g/mol. The highest BCUT2D eigenvalue weighted by molar-refractivity contribution is 4.88. The number of methoxy groups -OCH3 is 1. The summed E-state index contributed by atoms with van der Waals surface area (Å²) in [6, 6.07) is 0.471. The third-order valence-corrected chi connectivity index (χ3v) is 4.40. The minimum absolute atomic E-state index is 0.471. The van der Waals surface area contributed by atoms with Gasteiger partial charge in [0.05, 0.1) is 6.61 Å². The highest BCUT2D eigenvalue weighted by atomic mass is 16.5. The first-order valence-corrected chi connectivity index (χ1v) is 8.04. The average Bonchev–Trinajstić information content (AvgIpc) is 2.81. The lowest BCUT2D eigenvalue weighted by molar-refractivity contribution is 0.144. The third-order valence-electron chi connectivity index (χ3n) is 4.40. The van der Waals surface area contributed by atoms with Gasteiger partial charge in [0.2, 0.25) is 0 Å². The van der Waals surface area contributed by atoms with Crippen LogP contribution in [0.1, 0.15) is 58.8 Å². The highest BCUT2D eigenvalue weighted by Crippen LogP contribution is 2.42. The van der Waals surface area contributed by atoms with Crippen LogP contribution in [0, 0.1) is 11.3 Å². The number of hydrogen-bond acceptors (Lipinski definition) is 3. The van der Waals surface area contributed by atoms with E-state index in [1.807, 2.05) is 0 Å². The summed E-state index contributed by atoms with van der Waals surface area (Å²) in [5.41, 5.74) is 6.16. The zero-order valence-electron chi connectivity index (χ0n) is 13.2. The lowest BCUT2D eigenvalue weighted by Crippen LogP contribution is -2.41. The summed E-state index contributed by atoms with van der Waals surface area (Å²) in [7, 11) is 1.79. The highest BCUT2D eigenvalue weighted by Gasteiger charge is 2.34. The minimum Gasteiger partial charge on any atom is -0.383 e. The van der Waals surface area contributed by atoms with E-state index in [-0.39, 0.29) is 0 Å². The van der Waals surface area contributed by atoms with Crippen LogP contribution >= 0.6 is 0 Å². The third kappa shape index (κ3) is 6.24. The summed E-state index contributed by atoms with van der Waals surface area (Å²) in [4.78, 5) is 0. The Bertz CT molecular complexity index is 225. The predicted octanol–water partition coefficient (Wildman–Crippen LogP) is 2.94. The molecule has 1 saturated carbocycles. The molecule has 1 rings (SSSR count). The zero-order valence-corrected chi connectivity index (χ0v) is 13.2. The Labute approximate surface area is 119 Å². The molecule has 0 saturated heterocycles. The molecule has 3 nitrogen and oxygen atoms in total. The molecule has 1 atom stereocenters. The first kappa shape index (κ1) is 16.9. The number of nitrogens with two attached hydrogens (primary N) is 1. The van der Waals surface area contributed by atoms with Crippen molar-refractivity contribution >= 4 is 0 Å². The van der Waals surface area contributed by atoms with Gasteiger partial charge >= 0.3 is 0 Å². The van der Waals surface area contributed by atoms with Gasteiger partial charge in [0.1, 0.15) is 0 Å². The number of nitrogens with one attached hydrogen (secondary N) is 1. The van der Waals surface area contributed by atoms with E-state index in [0.717, 1.165) is 38.5 Å². The van der Waals surface area contributed by atoms with E-state index < -0.39 is 0 Å². The fourth-order valence-electron chi connectivity index (χ4n) is 3.61. The number of rotatable bonds is 10. The molecule has 0 bridgehead atoms. The van der Waals surface area contributed by atoms with Crippen molar-refractivity contribution in [3.05, 3.63) is 0 Å². The fourth-order valence-corrected chi connectivity index (χ4v) is 3.61. The topological polar surface area (TPSA) is 47.3 Å². The molecule has 0 aromatic carbocycles. The second-order valence-electron chi connectivity index (χ2n) is 6.77. The van der Waals surface area contributed by atoms with Crippen molar-refractivity contribution in [2.24, 2.45) is 17.1 Å². The Morgan fingerprint density at radius 2 is 1.95 bits per heavy atom. The van der Waals surface area contributed by atoms with Gasteiger partial charge in [0, 0.05) is 19.7 Å². The van der Waals surface area contributed by atoms with Gasteiger partial charge in [-0.3, -0.25) is 0 Å². The maximum atomic E-state index is 5.61. The molecular weight excluding hydrogens is 236 g/mol. The fraction of sp³-hybridized carbons (Fsp3) is 1.00. The molecule has 0 amide bonds. The molecule has 1 fully saturated rings. The first-order chi connectivity index (χ1) is 9.12. The van der Waals surface area contributed by atoms with Gasteiger partial charge in [-0.1, -0.05) is 26.7 Å². The molecule has 3 N–H and O–H groups in total. The van der Waals surface area contributed by atoms with Crippen molar-refractivity contribution in [2.45, 2.75) is 64.8 Å².